The highest BCUT2D eigenvalue weighted by Crippen LogP contribution is 2.35. The van der Waals surface area contributed by atoms with Crippen LogP contribution in [0.25, 0.3) is 11.5 Å². The molecule has 6 nitrogen and oxygen atoms in total. The maximum atomic E-state index is 4.39. The zero-order valence-corrected chi connectivity index (χ0v) is 19.1. The van der Waals surface area contributed by atoms with E-state index in [-0.39, 0.29) is 0 Å². The van der Waals surface area contributed by atoms with Crippen molar-refractivity contribution in [2.45, 2.75) is 31.0 Å². The van der Waals surface area contributed by atoms with Gasteiger partial charge in [0.2, 0.25) is 0 Å². The molecule has 2 unspecified atom stereocenters. The van der Waals surface area contributed by atoms with E-state index in [0.717, 1.165) is 34.9 Å². The first-order chi connectivity index (χ1) is 15.2. The lowest BCUT2D eigenvalue weighted by molar-refractivity contribution is 0.319. The van der Waals surface area contributed by atoms with Crippen molar-refractivity contribution in [3.63, 3.8) is 0 Å². The molecule has 31 heavy (non-hydrogen) atoms. The van der Waals surface area contributed by atoms with Gasteiger partial charge in [0.05, 0.1) is 0 Å². The number of benzene rings is 1. The summed E-state index contributed by atoms with van der Waals surface area (Å²) in [5.41, 5.74) is 3.62. The maximum Gasteiger partial charge on any atom is 0.191 e. The van der Waals surface area contributed by atoms with Crippen LogP contribution in [0.4, 0.5) is 5.69 Å². The Hall–Kier alpha value is -2.38. The van der Waals surface area contributed by atoms with E-state index in [1.54, 1.807) is 18.0 Å². The van der Waals surface area contributed by atoms with Crippen LogP contribution in [0.2, 0.25) is 0 Å². The molecule has 2 fully saturated rings. The predicted molar refractivity (Wildman–Crippen MR) is 126 cm³/mol. The molecule has 2 aliphatic rings. The van der Waals surface area contributed by atoms with Gasteiger partial charge in [-0.2, -0.15) is 0 Å². The van der Waals surface area contributed by atoms with Crippen LogP contribution in [0.3, 0.4) is 0 Å². The molecule has 0 bridgehead atoms. The number of aryl methyl sites for hydroxylation is 1. The van der Waals surface area contributed by atoms with Crippen LogP contribution in [-0.4, -0.2) is 62.6 Å². The Morgan fingerprint density at radius 2 is 2.03 bits per heavy atom. The van der Waals surface area contributed by atoms with Crippen molar-refractivity contribution >= 4 is 17.4 Å². The molecule has 0 N–H and O–H groups in total. The van der Waals surface area contributed by atoms with Gasteiger partial charge in [0.1, 0.15) is 5.69 Å². The third kappa shape index (κ3) is 4.34. The summed E-state index contributed by atoms with van der Waals surface area (Å²) < 4.78 is 2.05. The van der Waals surface area contributed by atoms with Gasteiger partial charge in [-0.1, -0.05) is 30.0 Å². The second-order valence-electron chi connectivity index (χ2n) is 8.69. The van der Waals surface area contributed by atoms with Crippen LogP contribution in [0, 0.1) is 12.8 Å². The molecule has 0 aliphatic carbocycles. The van der Waals surface area contributed by atoms with Gasteiger partial charge < -0.3 is 14.4 Å². The van der Waals surface area contributed by atoms with Crippen molar-refractivity contribution in [1.29, 1.82) is 0 Å². The third-order valence-electron chi connectivity index (χ3n) is 6.54. The Morgan fingerprint density at radius 1 is 1.10 bits per heavy atom. The van der Waals surface area contributed by atoms with E-state index in [2.05, 4.69) is 56.2 Å². The number of hydrogen-bond donors (Lipinski definition) is 0. The van der Waals surface area contributed by atoms with Gasteiger partial charge in [0.25, 0.3) is 0 Å². The molecule has 5 rings (SSSR count). The number of anilines is 1. The average molecular weight is 435 g/mol. The second kappa shape index (κ2) is 9.01. The van der Waals surface area contributed by atoms with Crippen molar-refractivity contribution in [3.05, 3.63) is 54.2 Å². The summed E-state index contributed by atoms with van der Waals surface area (Å²) in [5.74, 6) is 2.70. The number of thioether (sulfide) groups is 1. The lowest BCUT2D eigenvalue weighted by atomic mass is 10.0. The Kier molecular flexibility index (Phi) is 5.96. The van der Waals surface area contributed by atoms with Crippen LogP contribution in [0.1, 0.15) is 18.4 Å². The summed E-state index contributed by atoms with van der Waals surface area (Å²) in [6, 6.07) is 15.5. The minimum atomic E-state index is 0.675. The minimum absolute atomic E-state index is 0.675. The largest absolute Gasteiger partial charge is 0.367 e. The fraction of sp³-hybridized carbons (Fsp3) is 0.458. The molecule has 1 aromatic carbocycles. The van der Waals surface area contributed by atoms with E-state index in [0.29, 0.717) is 6.04 Å². The first-order valence-corrected chi connectivity index (χ1v) is 12.2. The molecule has 2 aromatic heterocycles. The normalized spacial score (nSPS) is 21.0. The summed E-state index contributed by atoms with van der Waals surface area (Å²) in [5, 5.41) is 9.67. The van der Waals surface area contributed by atoms with Gasteiger partial charge >= 0.3 is 0 Å². The molecule has 0 radical (unpaired) electrons. The Bertz CT molecular complexity index is 1020. The first kappa shape index (κ1) is 20.5. The van der Waals surface area contributed by atoms with E-state index in [9.17, 15) is 0 Å². The van der Waals surface area contributed by atoms with E-state index in [1.165, 1.54) is 43.7 Å². The number of aromatic nitrogens is 4. The van der Waals surface area contributed by atoms with E-state index < -0.39 is 0 Å². The number of rotatable bonds is 7. The molecule has 162 valence electrons. The van der Waals surface area contributed by atoms with Crippen LogP contribution < -0.4 is 4.90 Å². The molecule has 3 aromatic rings. The lowest BCUT2D eigenvalue weighted by Gasteiger charge is -2.27. The van der Waals surface area contributed by atoms with Crippen LogP contribution in [0.15, 0.2) is 53.8 Å². The SMILES string of the molecule is Cc1cccc(N2CCC3CN(CCCSc4nnc(-c5ccccn5)n4C)CC32)c1. The Balaban J connectivity index is 1.11. The molecule has 0 saturated carbocycles. The first-order valence-electron chi connectivity index (χ1n) is 11.2. The summed E-state index contributed by atoms with van der Waals surface area (Å²) in [4.78, 5) is 9.69. The highest BCUT2D eigenvalue weighted by molar-refractivity contribution is 7.99. The molecule has 0 amide bonds. The van der Waals surface area contributed by atoms with Crippen LogP contribution >= 0.6 is 11.8 Å². The van der Waals surface area contributed by atoms with Gasteiger partial charge in [0, 0.05) is 50.4 Å². The Labute approximate surface area is 188 Å². The van der Waals surface area contributed by atoms with E-state index >= 15 is 0 Å². The second-order valence-corrected chi connectivity index (χ2v) is 9.75. The number of hydrogen-bond acceptors (Lipinski definition) is 6. The zero-order valence-electron chi connectivity index (χ0n) is 18.3. The molecular weight excluding hydrogens is 404 g/mol. The van der Waals surface area contributed by atoms with Gasteiger partial charge in [0.15, 0.2) is 11.0 Å². The van der Waals surface area contributed by atoms with Crippen molar-refractivity contribution in [3.8, 4) is 11.5 Å². The fourth-order valence-corrected chi connectivity index (χ4v) is 5.80. The van der Waals surface area contributed by atoms with E-state index in [1.807, 2.05) is 29.8 Å². The highest BCUT2D eigenvalue weighted by atomic mass is 32.2. The number of pyridine rings is 1. The summed E-state index contributed by atoms with van der Waals surface area (Å²) in [6.45, 7) is 6.98. The Morgan fingerprint density at radius 3 is 2.87 bits per heavy atom. The summed E-state index contributed by atoms with van der Waals surface area (Å²) in [7, 11) is 2.02. The zero-order chi connectivity index (χ0) is 21.2. The standard InChI is InChI=1S/C24H30N6S/c1-18-7-5-8-20(15-18)30-13-10-19-16-29(17-22(19)30)12-6-14-31-24-27-26-23(28(24)2)21-9-3-4-11-25-21/h3-5,7-9,11,15,19,22H,6,10,12-14,16-17H2,1-2H3. The fourth-order valence-electron chi connectivity index (χ4n) is 4.97. The van der Waals surface area contributed by atoms with Gasteiger partial charge in [-0.25, -0.2) is 0 Å². The molecule has 2 atom stereocenters. The average Bonchev–Trinajstić information content (AvgIpc) is 3.46. The molecule has 2 aliphatic heterocycles. The number of nitrogens with zero attached hydrogens (tertiary/aromatic N) is 6. The summed E-state index contributed by atoms with van der Waals surface area (Å²) >= 11 is 1.79. The predicted octanol–water partition coefficient (Wildman–Crippen LogP) is 3.88. The molecule has 0 spiro atoms. The van der Waals surface area contributed by atoms with Gasteiger partial charge in [-0.3, -0.25) is 4.98 Å². The molecule has 4 heterocycles. The quantitative estimate of drug-likeness (QED) is 0.416. The number of fused-ring (bicyclic) bond motifs is 1. The highest BCUT2D eigenvalue weighted by Gasteiger charge is 2.40. The maximum absolute atomic E-state index is 4.39. The third-order valence-corrected chi connectivity index (χ3v) is 7.64. The molecular formula is C24H30N6S. The van der Waals surface area contributed by atoms with Crippen molar-refractivity contribution in [2.24, 2.45) is 13.0 Å². The van der Waals surface area contributed by atoms with Crippen molar-refractivity contribution < 1.29 is 0 Å². The van der Waals surface area contributed by atoms with Crippen LogP contribution in [-0.2, 0) is 7.05 Å². The summed E-state index contributed by atoms with van der Waals surface area (Å²) in [6.07, 6.45) is 4.28. The molecule has 7 heteroatoms. The smallest absolute Gasteiger partial charge is 0.191 e. The van der Waals surface area contributed by atoms with Crippen LogP contribution in [0.5, 0.6) is 0 Å². The topological polar surface area (TPSA) is 50.1 Å². The monoisotopic (exact) mass is 434 g/mol. The van der Waals surface area contributed by atoms with E-state index in [4.69, 9.17) is 0 Å². The number of likely N-dealkylation sites (tertiary alicyclic amines) is 1. The molecule has 2 saturated heterocycles. The minimum Gasteiger partial charge on any atom is -0.367 e. The van der Waals surface area contributed by atoms with Crippen molar-refractivity contribution in [1.82, 2.24) is 24.6 Å². The van der Waals surface area contributed by atoms with Gasteiger partial charge in [-0.15, -0.1) is 10.2 Å². The van der Waals surface area contributed by atoms with Gasteiger partial charge in [-0.05, 0) is 62.1 Å². The lowest BCUT2D eigenvalue weighted by Crippen LogP contribution is -2.35. The van der Waals surface area contributed by atoms with Crippen molar-refractivity contribution in [2.75, 3.05) is 36.8 Å².